The van der Waals surface area contributed by atoms with E-state index in [2.05, 4.69) is 10.2 Å². The number of benzene rings is 1. The molecule has 1 amide bonds. The van der Waals surface area contributed by atoms with Gasteiger partial charge in [0.2, 0.25) is 5.91 Å². The molecule has 4 nitrogen and oxygen atoms in total. The van der Waals surface area contributed by atoms with E-state index in [1.807, 2.05) is 7.05 Å². The molecule has 1 atom stereocenters. The van der Waals surface area contributed by atoms with E-state index in [0.717, 1.165) is 13.1 Å². The lowest BCUT2D eigenvalue weighted by atomic mass is 10.1. The number of carbonyl (C=O) groups is 1. The molecule has 1 aliphatic heterocycles. The number of halogens is 1. The van der Waals surface area contributed by atoms with Gasteiger partial charge in [-0.3, -0.25) is 4.79 Å². The Kier molecular flexibility index (Phi) is 4.87. The van der Waals surface area contributed by atoms with Crippen molar-refractivity contribution in [1.82, 2.24) is 10.2 Å². The Balaban J connectivity index is 1.77. The molecule has 1 heterocycles. The Morgan fingerprint density at radius 1 is 1.53 bits per heavy atom. The maximum Gasteiger partial charge on any atom is 0.224 e. The van der Waals surface area contributed by atoms with Crippen molar-refractivity contribution in [3.63, 3.8) is 0 Å². The van der Waals surface area contributed by atoms with Crippen molar-refractivity contribution in [2.75, 3.05) is 33.3 Å². The number of likely N-dealkylation sites (N-methyl/N-ethyl adjacent to an activating group) is 1. The Bertz CT molecular complexity index is 439. The van der Waals surface area contributed by atoms with E-state index in [4.69, 9.17) is 4.74 Å². The van der Waals surface area contributed by atoms with Gasteiger partial charge in [-0.05, 0) is 18.7 Å². The highest BCUT2D eigenvalue weighted by atomic mass is 19.1. The Morgan fingerprint density at radius 2 is 2.32 bits per heavy atom. The summed E-state index contributed by atoms with van der Waals surface area (Å²) in [5.41, 5.74) is 0.418. The Labute approximate surface area is 112 Å². The summed E-state index contributed by atoms with van der Waals surface area (Å²) in [4.78, 5) is 13.9. The van der Waals surface area contributed by atoms with Gasteiger partial charge in [0.25, 0.3) is 0 Å². The van der Waals surface area contributed by atoms with Gasteiger partial charge in [-0.2, -0.15) is 0 Å². The van der Waals surface area contributed by atoms with E-state index in [0.29, 0.717) is 18.7 Å². The van der Waals surface area contributed by atoms with E-state index in [-0.39, 0.29) is 24.2 Å². The first-order chi connectivity index (χ1) is 9.15. The molecule has 1 aromatic carbocycles. The molecule has 0 spiro atoms. The van der Waals surface area contributed by atoms with E-state index >= 15 is 0 Å². The molecule has 104 valence electrons. The topological polar surface area (TPSA) is 41.6 Å². The van der Waals surface area contributed by atoms with Gasteiger partial charge in [-0.1, -0.05) is 18.2 Å². The van der Waals surface area contributed by atoms with Gasteiger partial charge in [0.1, 0.15) is 5.82 Å². The number of amides is 1. The molecule has 0 bridgehead atoms. The normalized spacial score (nSPS) is 20.2. The van der Waals surface area contributed by atoms with E-state index in [1.54, 1.807) is 18.2 Å². The lowest BCUT2D eigenvalue weighted by Crippen LogP contribution is -2.46. The summed E-state index contributed by atoms with van der Waals surface area (Å²) < 4.78 is 18.9. The average Bonchev–Trinajstić information content (AvgIpc) is 2.39. The van der Waals surface area contributed by atoms with Crippen LogP contribution >= 0.6 is 0 Å². The molecule has 1 fully saturated rings. The predicted molar refractivity (Wildman–Crippen MR) is 70.4 cm³/mol. The van der Waals surface area contributed by atoms with Crippen molar-refractivity contribution in [1.29, 1.82) is 0 Å². The second-order valence-corrected chi connectivity index (χ2v) is 4.83. The molecule has 1 aromatic rings. The van der Waals surface area contributed by atoms with Gasteiger partial charge in [0.05, 0.1) is 19.1 Å². The standard InChI is InChI=1S/C14H19FN2O2/c1-17-6-7-19-12(10-17)9-16-14(18)8-11-4-2-3-5-13(11)15/h2-5,12H,6-10H2,1H3,(H,16,18)/t12-/m0/s1. The summed E-state index contributed by atoms with van der Waals surface area (Å²) in [6, 6.07) is 6.33. The highest BCUT2D eigenvalue weighted by molar-refractivity contribution is 5.78. The lowest BCUT2D eigenvalue weighted by molar-refractivity contribution is -0.121. The van der Waals surface area contributed by atoms with Gasteiger partial charge in [-0.15, -0.1) is 0 Å². The molecule has 1 saturated heterocycles. The number of nitrogens with zero attached hydrogens (tertiary/aromatic N) is 1. The summed E-state index contributed by atoms with van der Waals surface area (Å²) in [7, 11) is 2.02. The SMILES string of the molecule is CN1CCO[C@@H](CNC(=O)Cc2ccccc2F)C1. The Morgan fingerprint density at radius 3 is 3.05 bits per heavy atom. The van der Waals surface area contributed by atoms with Crippen LogP contribution in [0.15, 0.2) is 24.3 Å². The van der Waals surface area contributed by atoms with Crippen LogP contribution in [0.2, 0.25) is 0 Å². The fraction of sp³-hybridized carbons (Fsp3) is 0.500. The monoisotopic (exact) mass is 266 g/mol. The van der Waals surface area contributed by atoms with Crippen molar-refractivity contribution >= 4 is 5.91 Å². The minimum atomic E-state index is -0.341. The number of morpholine rings is 1. The first kappa shape index (κ1) is 14.0. The van der Waals surface area contributed by atoms with Gasteiger partial charge in [0, 0.05) is 19.6 Å². The lowest BCUT2D eigenvalue weighted by Gasteiger charge is -2.30. The van der Waals surface area contributed by atoms with E-state index < -0.39 is 0 Å². The van der Waals surface area contributed by atoms with Crippen LogP contribution in [0.25, 0.3) is 0 Å². The third kappa shape index (κ3) is 4.29. The second-order valence-electron chi connectivity index (χ2n) is 4.83. The zero-order valence-corrected chi connectivity index (χ0v) is 11.1. The molecule has 2 rings (SSSR count). The van der Waals surface area contributed by atoms with Crippen molar-refractivity contribution < 1.29 is 13.9 Å². The summed E-state index contributed by atoms with van der Waals surface area (Å²) in [5, 5.41) is 2.79. The van der Waals surface area contributed by atoms with Crippen molar-refractivity contribution in [3.8, 4) is 0 Å². The molecule has 0 aromatic heterocycles. The first-order valence-corrected chi connectivity index (χ1v) is 6.45. The number of hydrogen-bond acceptors (Lipinski definition) is 3. The minimum absolute atomic E-state index is 0.0170. The summed E-state index contributed by atoms with van der Waals surface area (Å²) in [5.74, 6) is -0.520. The number of nitrogens with one attached hydrogen (secondary N) is 1. The fourth-order valence-electron chi connectivity index (χ4n) is 2.10. The van der Waals surface area contributed by atoms with Crippen LogP contribution in [-0.4, -0.2) is 50.2 Å². The number of carbonyl (C=O) groups excluding carboxylic acids is 1. The molecule has 1 aliphatic rings. The van der Waals surface area contributed by atoms with Gasteiger partial charge < -0.3 is 15.0 Å². The maximum atomic E-state index is 13.4. The molecular weight excluding hydrogens is 247 g/mol. The smallest absolute Gasteiger partial charge is 0.224 e. The summed E-state index contributed by atoms with van der Waals surface area (Å²) in [6.45, 7) is 2.88. The summed E-state index contributed by atoms with van der Waals surface area (Å²) in [6.07, 6.45) is 0.0817. The average molecular weight is 266 g/mol. The largest absolute Gasteiger partial charge is 0.374 e. The van der Waals surface area contributed by atoms with Gasteiger partial charge in [0.15, 0.2) is 0 Å². The quantitative estimate of drug-likeness (QED) is 0.877. The zero-order valence-electron chi connectivity index (χ0n) is 11.1. The first-order valence-electron chi connectivity index (χ1n) is 6.45. The van der Waals surface area contributed by atoms with Crippen LogP contribution in [0.5, 0.6) is 0 Å². The van der Waals surface area contributed by atoms with E-state index in [9.17, 15) is 9.18 Å². The van der Waals surface area contributed by atoms with Crippen molar-refractivity contribution in [2.24, 2.45) is 0 Å². The highest BCUT2D eigenvalue weighted by Gasteiger charge is 2.18. The van der Waals surface area contributed by atoms with Crippen LogP contribution < -0.4 is 5.32 Å². The third-order valence-corrected chi connectivity index (χ3v) is 3.18. The predicted octanol–water partition coefficient (Wildman–Crippen LogP) is 0.815. The maximum absolute atomic E-state index is 13.4. The van der Waals surface area contributed by atoms with Crippen LogP contribution in [0, 0.1) is 5.82 Å². The molecular formula is C14H19FN2O2. The van der Waals surface area contributed by atoms with Gasteiger partial charge >= 0.3 is 0 Å². The second kappa shape index (κ2) is 6.63. The van der Waals surface area contributed by atoms with Crippen LogP contribution in [0.3, 0.4) is 0 Å². The zero-order chi connectivity index (χ0) is 13.7. The molecule has 5 heteroatoms. The number of hydrogen-bond donors (Lipinski definition) is 1. The molecule has 0 unspecified atom stereocenters. The number of rotatable bonds is 4. The van der Waals surface area contributed by atoms with Crippen LogP contribution in [0.4, 0.5) is 4.39 Å². The molecule has 1 N–H and O–H groups in total. The fourth-order valence-corrected chi connectivity index (χ4v) is 2.10. The molecule has 19 heavy (non-hydrogen) atoms. The van der Waals surface area contributed by atoms with Crippen molar-refractivity contribution in [2.45, 2.75) is 12.5 Å². The van der Waals surface area contributed by atoms with Crippen molar-refractivity contribution in [3.05, 3.63) is 35.6 Å². The summed E-state index contributed by atoms with van der Waals surface area (Å²) >= 11 is 0. The molecule has 0 aliphatic carbocycles. The van der Waals surface area contributed by atoms with Gasteiger partial charge in [-0.25, -0.2) is 4.39 Å². The number of ether oxygens (including phenoxy) is 1. The van der Waals surface area contributed by atoms with E-state index in [1.165, 1.54) is 6.07 Å². The van der Waals surface area contributed by atoms with Crippen LogP contribution in [-0.2, 0) is 16.0 Å². The Hall–Kier alpha value is -1.46. The van der Waals surface area contributed by atoms with Crippen LogP contribution in [0.1, 0.15) is 5.56 Å². The minimum Gasteiger partial charge on any atom is -0.374 e. The molecule has 0 radical (unpaired) electrons. The highest BCUT2D eigenvalue weighted by Crippen LogP contribution is 2.07. The molecule has 0 saturated carbocycles. The third-order valence-electron chi connectivity index (χ3n) is 3.18.